The van der Waals surface area contributed by atoms with Gasteiger partial charge in [0.2, 0.25) is 0 Å². The Hall–Kier alpha value is -1.59. The van der Waals surface area contributed by atoms with Crippen LogP contribution in [0.5, 0.6) is 0 Å². The Morgan fingerprint density at radius 3 is 3.11 bits per heavy atom. The molecule has 1 aliphatic rings. The van der Waals surface area contributed by atoms with E-state index in [9.17, 15) is 0 Å². The number of H-pyrrole nitrogens is 1. The summed E-state index contributed by atoms with van der Waals surface area (Å²) in [6, 6.07) is 6.93. The second-order valence-corrected chi connectivity index (χ2v) is 5.60. The molecule has 0 aliphatic heterocycles. The summed E-state index contributed by atoms with van der Waals surface area (Å²) in [4.78, 5) is 3.53. The SMILES string of the molecule is Cc1ccc2[nH]c3c(c2c1)CCC(NC(=S)NN)C3. The minimum absolute atomic E-state index is 0.352. The zero-order chi connectivity index (χ0) is 13.4. The molecule has 2 aromatic rings. The van der Waals surface area contributed by atoms with Gasteiger partial charge in [0.15, 0.2) is 5.11 Å². The predicted octanol–water partition coefficient (Wildman–Crippen LogP) is 1.67. The van der Waals surface area contributed by atoms with E-state index < -0.39 is 0 Å². The van der Waals surface area contributed by atoms with Crippen molar-refractivity contribution in [3.63, 3.8) is 0 Å². The van der Waals surface area contributed by atoms with E-state index in [0.717, 1.165) is 19.3 Å². The lowest BCUT2D eigenvalue weighted by Crippen LogP contribution is -2.46. The topological polar surface area (TPSA) is 65.9 Å². The van der Waals surface area contributed by atoms with Gasteiger partial charge in [0, 0.05) is 29.1 Å². The molecule has 100 valence electrons. The van der Waals surface area contributed by atoms with Crippen LogP contribution in [-0.2, 0) is 12.8 Å². The smallest absolute Gasteiger partial charge is 0.180 e. The molecule has 0 radical (unpaired) electrons. The van der Waals surface area contributed by atoms with E-state index >= 15 is 0 Å². The monoisotopic (exact) mass is 274 g/mol. The van der Waals surface area contributed by atoms with Gasteiger partial charge in [-0.25, -0.2) is 5.84 Å². The molecule has 1 aliphatic carbocycles. The molecule has 0 amide bonds. The van der Waals surface area contributed by atoms with Crippen molar-refractivity contribution >= 4 is 28.2 Å². The molecule has 5 heteroatoms. The normalized spacial score (nSPS) is 18.1. The van der Waals surface area contributed by atoms with Gasteiger partial charge in [-0.2, -0.15) is 0 Å². The van der Waals surface area contributed by atoms with Crippen LogP contribution in [0.2, 0.25) is 0 Å². The molecule has 1 unspecified atom stereocenters. The molecule has 1 heterocycles. The number of hydrogen-bond acceptors (Lipinski definition) is 2. The third-order valence-electron chi connectivity index (χ3n) is 3.81. The number of hydrazine groups is 1. The van der Waals surface area contributed by atoms with Crippen LogP contribution in [0.4, 0.5) is 0 Å². The lowest BCUT2D eigenvalue weighted by atomic mass is 9.91. The number of aromatic amines is 1. The van der Waals surface area contributed by atoms with Crippen LogP contribution >= 0.6 is 12.2 Å². The molecule has 0 bridgehead atoms. The largest absolute Gasteiger partial charge is 0.359 e. The van der Waals surface area contributed by atoms with Crippen LogP contribution in [0, 0.1) is 6.92 Å². The minimum atomic E-state index is 0.352. The second-order valence-electron chi connectivity index (χ2n) is 5.19. The maximum absolute atomic E-state index is 5.30. The van der Waals surface area contributed by atoms with Gasteiger partial charge in [-0.1, -0.05) is 11.6 Å². The Bertz CT molecular complexity index is 632. The van der Waals surface area contributed by atoms with Gasteiger partial charge in [-0.3, -0.25) is 0 Å². The number of fused-ring (bicyclic) bond motifs is 3. The summed E-state index contributed by atoms with van der Waals surface area (Å²) in [6.45, 7) is 2.14. The van der Waals surface area contributed by atoms with Crippen LogP contribution in [0.25, 0.3) is 10.9 Å². The summed E-state index contributed by atoms with van der Waals surface area (Å²) in [5.74, 6) is 5.30. The van der Waals surface area contributed by atoms with E-state index in [1.165, 1.54) is 27.7 Å². The lowest BCUT2D eigenvalue weighted by Gasteiger charge is -2.24. The summed E-state index contributed by atoms with van der Waals surface area (Å²) in [5.41, 5.74) is 7.81. The van der Waals surface area contributed by atoms with Crippen LogP contribution in [-0.4, -0.2) is 16.1 Å². The van der Waals surface area contributed by atoms with Gasteiger partial charge in [0.05, 0.1) is 0 Å². The first-order valence-corrected chi connectivity index (χ1v) is 6.95. The molecular formula is C14H18N4S. The maximum atomic E-state index is 5.30. The molecule has 3 rings (SSSR count). The zero-order valence-electron chi connectivity index (χ0n) is 10.9. The Labute approximate surface area is 117 Å². The highest BCUT2D eigenvalue weighted by atomic mass is 32.1. The number of nitrogens with two attached hydrogens (primary N) is 1. The minimum Gasteiger partial charge on any atom is -0.359 e. The van der Waals surface area contributed by atoms with E-state index in [1.54, 1.807) is 0 Å². The fourth-order valence-corrected chi connectivity index (χ4v) is 3.06. The lowest BCUT2D eigenvalue weighted by molar-refractivity contribution is 0.522. The summed E-state index contributed by atoms with van der Waals surface area (Å²) < 4.78 is 0. The van der Waals surface area contributed by atoms with Gasteiger partial charge in [0.25, 0.3) is 0 Å². The number of aromatic nitrogens is 1. The standard InChI is InChI=1S/C14H18N4S/c1-8-2-5-12-11(6-8)10-4-3-9(7-13(10)17-12)16-14(19)18-15/h2,5-6,9,17H,3-4,7,15H2,1H3,(H2,16,18,19). The number of aryl methyl sites for hydroxylation is 2. The van der Waals surface area contributed by atoms with Crippen LogP contribution < -0.4 is 16.6 Å². The molecule has 0 spiro atoms. The highest BCUT2D eigenvalue weighted by Crippen LogP contribution is 2.29. The summed E-state index contributed by atoms with van der Waals surface area (Å²) in [7, 11) is 0. The average molecular weight is 274 g/mol. The molecule has 0 saturated carbocycles. The Morgan fingerprint density at radius 2 is 2.32 bits per heavy atom. The molecular weight excluding hydrogens is 256 g/mol. The number of nitrogens with one attached hydrogen (secondary N) is 3. The van der Waals surface area contributed by atoms with Gasteiger partial charge in [-0.15, -0.1) is 0 Å². The number of benzene rings is 1. The molecule has 1 atom stereocenters. The zero-order valence-corrected chi connectivity index (χ0v) is 11.7. The molecule has 4 nitrogen and oxygen atoms in total. The molecule has 1 aromatic carbocycles. The quantitative estimate of drug-likeness (QED) is 0.363. The fourth-order valence-electron chi connectivity index (χ4n) is 2.89. The van der Waals surface area contributed by atoms with Crippen molar-refractivity contribution in [2.75, 3.05) is 0 Å². The van der Waals surface area contributed by atoms with Crippen molar-refractivity contribution in [1.29, 1.82) is 0 Å². The first-order valence-electron chi connectivity index (χ1n) is 6.54. The van der Waals surface area contributed by atoms with Crippen molar-refractivity contribution in [2.24, 2.45) is 5.84 Å². The highest BCUT2D eigenvalue weighted by molar-refractivity contribution is 7.80. The molecule has 5 N–H and O–H groups in total. The van der Waals surface area contributed by atoms with Crippen molar-refractivity contribution in [2.45, 2.75) is 32.2 Å². The second kappa shape index (κ2) is 4.83. The Balaban J connectivity index is 1.89. The third-order valence-corrected chi connectivity index (χ3v) is 4.05. The first-order chi connectivity index (χ1) is 9.17. The summed E-state index contributed by atoms with van der Waals surface area (Å²) in [6.07, 6.45) is 3.12. The van der Waals surface area contributed by atoms with Crippen LogP contribution in [0.1, 0.15) is 23.2 Å². The third kappa shape index (κ3) is 2.31. The van der Waals surface area contributed by atoms with Crippen molar-refractivity contribution in [1.82, 2.24) is 15.7 Å². The highest BCUT2D eigenvalue weighted by Gasteiger charge is 2.22. The number of rotatable bonds is 1. The van der Waals surface area contributed by atoms with E-state index in [4.69, 9.17) is 18.1 Å². The van der Waals surface area contributed by atoms with E-state index in [2.05, 4.69) is 40.8 Å². The van der Waals surface area contributed by atoms with Gasteiger partial charge in [0.1, 0.15) is 0 Å². The van der Waals surface area contributed by atoms with Crippen molar-refractivity contribution in [3.8, 4) is 0 Å². The van der Waals surface area contributed by atoms with Crippen LogP contribution in [0.3, 0.4) is 0 Å². The molecule has 0 saturated heterocycles. The van der Waals surface area contributed by atoms with E-state index in [0.29, 0.717) is 11.2 Å². The number of thiocarbonyl (C=S) groups is 1. The Kier molecular flexibility index (Phi) is 3.16. The van der Waals surface area contributed by atoms with Crippen LogP contribution in [0.15, 0.2) is 18.2 Å². The van der Waals surface area contributed by atoms with E-state index in [1.807, 2.05) is 0 Å². The fraction of sp³-hybridized carbons (Fsp3) is 0.357. The van der Waals surface area contributed by atoms with E-state index in [-0.39, 0.29) is 0 Å². The maximum Gasteiger partial charge on any atom is 0.180 e. The summed E-state index contributed by atoms with van der Waals surface area (Å²) >= 11 is 5.06. The Morgan fingerprint density at radius 1 is 1.47 bits per heavy atom. The molecule has 1 aromatic heterocycles. The number of hydrogen-bond donors (Lipinski definition) is 4. The van der Waals surface area contributed by atoms with Gasteiger partial charge >= 0.3 is 0 Å². The van der Waals surface area contributed by atoms with Crippen molar-refractivity contribution in [3.05, 3.63) is 35.0 Å². The molecule has 0 fully saturated rings. The van der Waals surface area contributed by atoms with Crippen molar-refractivity contribution < 1.29 is 0 Å². The van der Waals surface area contributed by atoms with Gasteiger partial charge < -0.3 is 15.7 Å². The molecule has 19 heavy (non-hydrogen) atoms. The predicted molar refractivity (Wildman–Crippen MR) is 81.9 cm³/mol. The average Bonchev–Trinajstić information content (AvgIpc) is 2.75. The van der Waals surface area contributed by atoms with Gasteiger partial charge in [-0.05, 0) is 49.7 Å². The first kappa shape index (κ1) is 12.4. The summed E-state index contributed by atoms with van der Waals surface area (Å²) in [5, 5.41) is 5.12.